The number of nitrogens with zero attached hydrogens (tertiary/aromatic N) is 4. The zero-order valence-corrected chi connectivity index (χ0v) is 21.9. The number of guanidine groups is 1. The Hall–Kier alpha value is -1.68. The summed E-state index contributed by atoms with van der Waals surface area (Å²) in [5.74, 6) is 1.91. The molecule has 2 aromatic rings. The van der Waals surface area contributed by atoms with E-state index in [1.807, 2.05) is 0 Å². The summed E-state index contributed by atoms with van der Waals surface area (Å²) in [5, 5.41) is 15.4. The van der Waals surface area contributed by atoms with E-state index in [-0.39, 0.29) is 24.0 Å². The van der Waals surface area contributed by atoms with Gasteiger partial charge in [-0.25, -0.2) is 0 Å². The molecule has 0 fully saturated rings. The minimum Gasteiger partial charge on any atom is -0.381 e. The van der Waals surface area contributed by atoms with Crippen molar-refractivity contribution in [2.24, 2.45) is 4.99 Å². The first-order chi connectivity index (χ1) is 15.3. The zero-order valence-electron chi connectivity index (χ0n) is 19.6. The SMILES string of the molecule is CCCCOCCCN=C(NCCn1cnnc1CC)NC1CCc2ccccc2C1.I. The Bertz CT molecular complexity index is 809. The van der Waals surface area contributed by atoms with Crippen LogP contribution >= 0.6 is 24.0 Å². The summed E-state index contributed by atoms with van der Waals surface area (Å²) >= 11 is 0. The minimum atomic E-state index is 0. The molecule has 0 spiro atoms. The van der Waals surface area contributed by atoms with Crippen molar-refractivity contribution in [1.29, 1.82) is 0 Å². The smallest absolute Gasteiger partial charge is 0.191 e. The van der Waals surface area contributed by atoms with Crippen LogP contribution in [0.15, 0.2) is 35.6 Å². The minimum absolute atomic E-state index is 0. The fraction of sp³-hybridized carbons (Fsp3) is 0.625. The van der Waals surface area contributed by atoms with Gasteiger partial charge < -0.3 is 19.9 Å². The lowest BCUT2D eigenvalue weighted by Gasteiger charge is -2.27. The molecule has 0 radical (unpaired) electrons. The largest absolute Gasteiger partial charge is 0.381 e. The molecular formula is C24H39IN6O. The predicted molar refractivity (Wildman–Crippen MR) is 141 cm³/mol. The summed E-state index contributed by atoms with van der Waals surface area (Å²) in [4.78, 5) is 4.83. The Morgan fingerprint density at radius 2 is 2.00 bits per heavy atom. The van der Waals surface area contributed by atoms with Crippen molar-refractivity contribution >= 4 is 29.9 Å². The summed E-state index contributed by atoms with van der Waals surface area (Å²) in [6.45, 7) is 8.28. The standard InChI is InChI=1S/C24H38N6O.HI/c1-3-5-16-31-17-8-13-25-24(26-14-15-30-19-27-29-23(30)4-2)28-22-12-11-20-9-6-7-10-21(20)18-22;/h6-7,9-10,19,22H,3-5,8,11-18H2,1-2H3,(H2,25,26,28);1H. The summed E-state index contributed by atoms with van der Waals surface area (Å²) in [6, 6.07) is 9.18. The second-order valence-electron chi connectivity index (χ2n) is 8.12. The Labute approximate surface area is 209 Å². The Kier molecular flexibility index (Phi) is 12.6. The number of aliphatic imine (C=N–C) groups is 1. The number of aryl methyl sites for hydroxylation is 2. The van der Waals surface area contributed by atoms with Gasteiger partial charge in [0.2, 0.25) is 0 Å². The van der Waals surface area contributed by atoms with Gasteiger partial charge in [0.15, 0.2) is 5.96 Å². The number of nitrogens with one attached hydrogen (secondary N) is 2. The Balaban J connectivity index is 0.00000363. The van der Waals surface area contributed by atoms with Crippen LogP contribution in [0, 0.1) is 0 Å². The quantitative estimate of drug-likeness (QED) is 0.181. The second kappa shape index (κ2) is 15.2. The third-order valence-electron chi connectivity index (χ3n) is 5.70. The lowest BCUT2D eigenvalue weighted by Crippen LogP contribution is -2.46. The number of aromatic nitrogens is 3. The summed E-state index contributed by atoms with van der Waals surface area (Å²) in [6.07, 6.45) is 9.22. The van der Waals surface area contributed by atoms with Crippen LogP contribution in [-0.4, -0.2) is 53.1 Å². The van der Waals surface area contributed by atoms with E-state index in [1.54, 1.807) is 6.33 Å². The predicted octanol–water partition coefficient (Wildman–Crippen LogP) is 3.76. The van der Waals surface area contributed by atoms with Gasteiger partial charge in [0, 0.05) is 45.3 Å². The van der Waals surface area contributed by atoms with E-state index in [0.29, 0.717) is 6.04 Å². The number of ether oxygens (including phenoxy) is 1. The van der Waals surface area contributed by atoms with Gasteiger partial charge in [-0.3, -0.25) is 4.99 Å². The number of unbranched alkanes of at least 4 members (excludes halogenated alkanes) is 1. The molecule has 1 heterocycles. The highest BCUT2D eigenvalue weighted by Crippen LogP contribution is 2.20. The maximum Gasteiger partial charge on any atom is 0.191 e. The van der Waals surface area contributed by atoms with E-state index in [2.05, 4.69) is 63.5 Å². The Morgan fingerprint density at radius 3 is 2.81 bits per heavy atom. The van der Waals surface area contributed by atoms with Crippen LogP contribution in [0.1, 0.15) is 56.5 Å². The van der Waals surface area contributed by atoms with Crippen LogP contribution in [0.2, 0.25) is 0 Å². The molecule has 0 saturated carbocycles. The van der Waals surface area contributed by atoms with Crippen LogP contribution in [0.3, 0.4) is 0 Å². The molecule has 1 atom stereocenters. The maximum absolute atomic E-state index is 5.67. The molecule has 1 aromatic carbocycles. The third-order valence-corrected chi connectivity index (χ3v) is 5.70. The van der Waals surface area contributed by atoms with Gasteiger partial charge in [-0.05, 0) is 43.2 Å². The zero-order chi connectivity index (χ0) is 21.7. The summed E-state index contributed by atoms with van der Waals surface area (Å²) in [7, 11) is 0. The number of benzene rings is 1. The molecule has 32 heavy (non-hydrogen) atoms. The molecular weight excluding hydrogens is 515 g/mol. The lowest BCUT2D eigenvalue weighted by molar-refractivity contribution is 0.130. The third kappa shape index (κ3) is 8.69. The molecule has 0 aliphatic heterocycles. The van der Waals surface area contributed by atoms with Gasteiger partial charge in [-0.2, -0.15) is 0 Å². The van der Waals surface area contributed by atoms with E-state index in [4.69, 9.17) is 9.73 Å². The highest BCUT2D eigenvalue weighted by molar-refractivity contribution is 14.0. The molecule has 1 aliphatic rings. The molecule has 0 bridgehead atoms. The fourth-order valence-corrected chi connectivity index (χ4v) is 3.91. The van der Waals surface area contributed by atoms with Crippen LogP contribution < -0.4 is 10.6 Å². The van der Waals surface area contributed by atoms with Crippen molar-refractivity contribution in [2.45, 2.75) is 71.4 Å². The number of hydrogen-bond acceptors (Lipinski definition) is 4. The van der Waals surface area contributed by atoms with Crippen molar-refractivity contribution < 1.29 is 4.74 Å². The highest BCUT2D eigenvalue weighted by Gasteiger charge is 2.19. The van der Waals surface area contributed by atoms with Crippen LogP contribution in [-0.2, 0) is 30.5 Å². The van der Waals surface area contributed by atoms with E-state index >= 15 is 0 Å². The van der Waals surface area contributed by atoms with Gasteiger partial charge in [0.1, 0.15) is 12.2 Å². The molecule has 2 N–H and O–H groups in total. The van der Waals surface area contributed by atoms with Crippen LogP contribution in [0.5, 0.6) is 0 Å². The Morgan fingerprint density at radius 1 is 1.19 bits per heavy atom. The van der Waals surface area contributed by atoms with E-state index < -0.39 is 0 Å². The van der Waals surface area contributed by atoms with Crippen molar-refractivity contribution in [2.75, 3.05) is 26.3 Å². The van der Waals surface area contributed by atoms with Crippen molar-refractivity contribution in [3.63, 3.8) is 0 Å². The van der Waals surface area contributed by atoms with Gasteiger partial charge in [0.05, 0.1) is 0 Å². The number of fused-ring (bicyclic) bond motifs is 1. The van der Waals surface area contributed by atoms with Gasteiger partial charge in [-0.1, -0.05) is 44.5 Å². The van der Waals surface area contributed by atoms with Crippen molar-refractivity contribution in [3.8, 4) is 0 Å². The fourth-order valence-electron chi connectivity index (χ4n) is 3.91. The summed E-state index contributed by atoms with van der Waals surface area (Å²) in [5.41, 5.74) is 2.93. The average molecular weight is 555 g/mol. The van der Waals surface area contributed by atoms with Crippen LogP contribution in [0.4, 0.5) is 0 Å². The van der Waals surface area contributed by atoms with Crippen molar-refractivity contribution in [3.05, 3.63) is 47.5 Å². The number of hydrogen-bond donors (Lipinski definition) is 2. The molecule has 178 valence electrons. The lowest BCUT2D eigenvalue weighted by atomic mass is 9.88. The van der Waals surface area contributed by atoms with E-state index in [1.165, 1.54) is 17.5 Å². The van der Waals surface area contributed by atoms with E-state index in [9.17, 15) is 0 Å². The normalized spacial score (nSPS) is 15.7. The molecule has 1 aliphatic carbocycles. The first kappa shape index (κ1) is 26.6. The molecule has 0 saturated heterocycles. The average Bonchev–Trinajstić information content (AvgIpc) is 3.25. The molecule has 8 heteroatoms. The number of rotatable bonds is 12. The number of halogens is 1. The van der Waals surface area contributed by atoms with Gasteiger partial charge >= 0.3 is 0 Å². The highest BCUT2D eigenvalue weighted by atomic mass is 127. The summed E-state index contributed by atoms with van der Waals surface area (Å²) < 4.78 is 7.77. The molecule has 1 unspecified atom stereocenters. The topological polar surface area (TPSA) is 76.4 Å². The first-order valence-corrected chi connectivity index (χ1v) is 11.9. The first-order valence-electron chi connectivity index (χ1n) is 11.9. The van der Waals surface area contributed by atoms with E-state index in [0.717, 1.165) is 83.2 Å². The van der Waals surface area contributed by atoms with Crippen molar-refractivity contribution in [1.82, 2.24) is 25.4 Å². The van der Waals surface area contributed by atoms with Gasteiger partial charge in [0.25, 0.3) is 0 Å². The molecule has 3 rings (SSSR count). The second-order valence-corrected chi connectivity index (χ2v) is 8.12. The van der Waals surface area contributed by atoms with Gasteiger partial charge in [-0.15, -0.1) is 34.2 Å². The molecule has 1 aromatic heterocycles. The maximum atomic E-state index is 5.67. The monoisotopic (exact) mass is 554 g/mol. The van der Waals surface area contributed by atoms with Crippen LogP contribution in [0.25, 0.3) is 0 Å². The molecule has 0 amide bonds. The molecule has 7 nitrogen and oxygen atoms in total.